The summed E-state index contributed by atoms with van der Waals surface area (Å²) in [7, 11) is 0. The number of carboxylic acid groups (broad SMARTS) is 1. The number of halogens is 1. The highest BCUT2D eigenvalue weighted by Crippen LogP contribution is 2.23. The minimum atomic E-state index is -0.903. The molecule has 25 heavy (non-hydrogen) atoms. The maximum Gasteiger partial charge on any atom is 0.335 e. The van der Waals surface area contributed by atoms with Gasteiger partial charge in [-0.15, -0.1) is 12.4 Å². The number of aromatic carboxylic acids is 1. The lowest BCUT2D eigenvalue weighted by Crippen LogP contribution is -1.97. The van der Waals surface area contributed by atoms with E-state index in [1.54, 1.807) is 12.1 Å². The highest BCUT2D eigenvalue weighted by Gasteiger charge is 2.03. The number of unbranched alkanes of at least 4 members (excludes halogenated alkanes) is 5. The van der Waals surface area contributed by atoms with Crippen LogP contribution in [0, 0.1) is 0 Å². The lowest BCUT2D eigenvalue weighted by Gasteiger charge is -2.08. The van der Waals surface area contributed by atoms with Gasteiger partial charge in [-0.1, -0.05) is 63.3 Å². The van der Waals surface area contributed by atoms with Crippen LogP contribution in [0.2, 0.25) is 0 Å². The first-order chi connectivity index (χ1) is 11.7. The zero-order valence-corrected chi connectivity index (χ0v) is 15.6. The topological polar surface area (TPSA) is 46.5 Å². The number of carbonyl (C=O) groups is 1. The summed E-state index contributed by atoms with van der Waals surface area (Å²) >= 11 is 0. The molecule has 0 aliphatic rings. The summed E-state index contributed by atoms with van der Waals surface area (Å²) in [5.74, 6) is -0.0190. The Morgan fingerprint density at radius 1 is 0.840 bits per heavy atom. The molecule has 0 aromatic heterocycles. The molecule has 3 nitrogen and oxygen atoms in total. The van der Waals surface area contributed by atoms with Crippen molar-refractivity contribution >= 4 is 18.4 Å². The fraction of sp³-hybridized carbons (Fsp3) is 0.381. The van der Waals surface area contributed by atoms with Crippen LogP contribution >= 0.6 is 12.4 Å². The van der Waals surface area contributed by atoms with Gasteiger partial charge in [0.05, 0.1) is 12.2 Å². The number of ether oxygens (including phenoxy) is 1. The molecule has 2 aromatic carbocycles. The molecule has 0 heterocycles. The predicted molar refractivity (Wildman–Crippen MR) is 105 cm³/mol. The van der Waals surface area contributed by atoms with E-state index in [1.807, 2.05) is 36.4 Å². The standard InChI is InChI=1S/C21H26O3.ClH/c1-2-3-4-5-6-7-16-24-20-14-12-18(13-15-20)17-8-10-19(11-9-17)21(22)23;/h8-15H,2-7,16H2,1H3,(H,22,23);1H. The monoisotopic (exact) mass is 362 g/mol. The third-order valence-corrected chi connectivity index (χ3v) is 4.09. The van der Waals surface area contributed by atoms with Gasteiger partial charge in [0.1, 0.15) is 5.75 Å². The van der Waals surface area contributed by atoms with Gasteiger partial charge in [0, 0.05) is 0 Å². The fourth-order valence-electron chi connectivity index (χ4n) is 2.62. The average molecular weight is 363 g/mol. The summed E-state index contributed by atoms with van der Waals surface area (Å²) in [6.45, 7) is 2.99. The Morgan fingerprint density at radius 2 is 1.36 bits per heavy atom. The molecular formula is C21H27ClO3. The first-order valence-electron chi connectivity index (χ1n) is 8.77. The molecule has 0 bridgehead atoms. The minimum absolute atomic E-state index is 0. The van der Waals surface area contributed by atoms with E-state index in [-0.39, 0.29) is 12.4 Å². The van der Waals surface area contributed by atoms with Gasteiger partial charge >= 0.3 is 5.97 Å². The van der Waals surface area contributed by atoms with E-state index in [2.05, 4.69) is 6.92 Å². The van der Waals surface area contributed by atoms with E-state index >= 15 is 0 Å². The molecule has 4 heteroatoms. The average Bonchev–Trinajstić information content (AvgIpc) is 2.61. The summed E-state index contributed by atoms with van der Waals surface area (Å²) in [5, 5.41) is 8.93. The summed E-state index contributed by atoms with van der Waals surface area (Å²) in [6, 6.07) is 14.9. The lowest BCUT2D eigenvalue weighted by molar-refractivity contribution is 0.0697. The van der Waals surface area contributed by atoms with Gasteiger partial charge in [-0.3, -0.25) is 0 Å². The first-order valence-corrected chi connectivity index (χ1v) is 8.77. The molecule has 0 aliphatic carbocycles. The molecule has 0 fully saturated rings. The molecule has 136 valence electrons. The highest BCUT2D eigenvalue weighted by atomic mass is 35.5. The third kappa shape index (κ3) is 7.18. The molecule has 1 N–H and O–H groups in total. The summed E-state index contributed by atoms with van der Waals surface area (Å²) in [4.78, 5) is 10.9. The number of benzene rings is 2. The Kier molecular flexibility index (Phi) is 9.71. The van der Waals surface area contributed by atoms with E-state index in [1.165, 1.54) is 32.1 Å². The van der Waals surface area contributed by atoms with Crippen molar-refractivity contribution in [1.29, 1.82) is 0 Å². The molecule has 0 amide bonds. The predicted octanol–water partition coefficient (Wildman–Crippen LogP) is 6.21. The van der Waals surface area contributed by atoms with Crippen molar-refractivity contribution in [2.24, 2.45) is 0 Å². The molecule has 0 atom stereocenters. The van der Waals surface area contributed by atoms with Gasteiger partial charge in [0.15, 0.2) is 0 Å². The maximum atomic E-state index is 10.9. The van der Waals surface area contributed by atoms with Gasteiger partial charge in [-0.05, 0) is 41.8 Å². The van der Waals surface area contributed by atoms with Crippen molar-refractivity contribution < 1.29 is 14.6 Å². The Balaban J connectivity index is 0.00000312. The van der Waals surface area contributed by atoms with Crippen LogP contribution in [0.5, 0.6) is 5.75 Å². The van der Waals surface area contributed by atoms with E-state index in [9.17, 15) is 4.79 Å². The van der Waals surface area contributed by atoms with Gasteiger partial charge in [0.2, 0.25) is 0 Å². The van der Waals surface area contributed by atoms with Crippen LogP contribution in [0.4, 0.5) is 0 Å². The molecule has 0 unspecified atom stereocenters. The van der Waals surface area contributed by atoms with Gasteiger partial charge < -0.3 is 9.84 Å². The van der Waals surface area contributed by atoms with E-state index in [0.29, 0.717) is 5.56 Å². The number of hydrogen-bond acceptors (Lipinski definition) is 2. The molecular weight excluding hydrogens is 336 g/mol. The zero-order chi connectivity index (χ0) is 17.2. The third-order valence-electron chi connectivity index (χ3n) is 4.09. The number of rotatable bonds is 10. The van der Waals surface area contributed by atoms with Gasteiger partial charge in [-0.25, -0.2) is 4.79 Å². The van der Waals surface area contributed by atoms with Crippen molar-refractivity contribution in [2.45, 2.75) is 45.4 Å². The maximum absolute atomic E-state index is 10.9. The quantitative estimate of drug-likeness (QED) is 0.511. The van der Waals surface area contributed by atoms with Crippen LogP contribution in [0.15, 0.2) is 48.5 Å². The second kappa shape index (κ2) is 11.5. The van der Waals surface area contributed by atoms with Crippen molar-refractivity contribution in [1.82, 2.24) is 0 Å². The highest BCUT2D eigenvalue weighted by molar-refractivity contribution is 5.88. The molecule has 0 radical (unpaired) electrons. The van der Waals surface area contributed by atoms with E-state index in [4.69, 9.17) is 9.84 Å². The zero-order valence-electron chi connectivity index (χ0n) is 14.7. The van der Waals surface area contributed by atoms with Crippen molar-refractivity contribution in [3.8, 4) is 16.9 Å². The van der Waals surface area contributed by atoms with Crippen LogP contribution in [0.25, 0.3) is 11.1 Å². The summed E-state index contributed by atoms with van der Waals surface area (Å²) < 4.78 is 5.78. The Labute approximate surface area is 156 Å². The first kappa shape index (κ1) is 21.0. The minimum Gasteiger partial charge on any atom is -0.494 e. The van der Waals surface area contributed by atoms with E-state index in [0.717, 1.165) is 29.9 Å². The van der Waals surface area contributed by atoms with E-state index < -0.39 is 5.97 Å². The smallest absolute Gasteiger partial charge is 0.335 e. The van der Waals surface area contributed by atoms with Crippen molar-refractivity contribution in [3.63, 3.8) is 0 Å². The molecule has 2 rings (SSSR count). The largest absolute Gasteiger partial charge is 0.494 e. The van der Waals surface area contributed by atoms with Crippen LogP contribution < -0.4 is 4.74 Å². The van der Waals surface area contributed by atoms with Crippen LogP contribution in [0.3, 0.4) is 0 Å². The van der Waals surface area contributed by atoms with Gasteiger partial charge in [-0.2, -0.15) is 0 Å². The SMILES string of the molecule is CCCCCCCCOc1ccc(-c2ccc(C(=O)O)cc2)cc1.Cl. The van der Waals surface area contributed by atoms with Crippen LogP contribution in [0.1, 0.15) is 55.8 Å². The Hall–Kier alpha value is -2.00. The molecule has 0 aliphatic heterocycles. The molecule has 0 spiro atoms. The van der Waals surface area contributed by atoms with Gasteiger partial charge in [0.25, 0.3) is 0 Å². The number of hydrogen-bond donors (Lipinski definition) is 1. The molecule has 0 saturated carbocycles. The normalized spacial score (nSPS) is 10.1. The second-order valence-electron chi connectivity index (χ2n) is 6.02. The van der Waals surface area contributed by atoms with Crippen molar-refractivity contribution in [2.75, 3.05) is 6.61 Å². The second-order valence-corrected chi connectivity index (χ2v) is 6.02. The summed E-state index contributed by atoms with van der Waals surface area (Å²) in [5.41, 5.74) is 2.36. The molecule has 0 saturated heterocycles. The number of carboxylic acids is 1. The fourth-order valence-corrected chi connectivity index (χ4v) is 2.62. The molecule has 2 aromatic rings. The van der Waals surface area contributed by atoms with Crippen LogP contribution in [-0.2, 0) is 0 Å². The summed E-state index contributed by atoms with van der Waals surface area (Å²) in [6.07, 6.45) is 7.56. The Bertz CT molecular complexity index is 621. The van der Waals surface area contributed by atoms with Crippen molar-refractivity contribution in [3.05, 3.63) is 54.1 Å². The Morgan fingerprint density at radius 3 is 1.92 bits per heavy atom. The lowest BCUT2D eigenvalue weighted by atomic mass is 10.0. The van der Waals surface area contributed by atoms with Crippen LogP contribution in [-0.4, -0.2) is 17.7 Å².